The van der Waals surface area contributed by atoms with Crippen LogP contribution in [-0.4, -0.2) is 70.3 Å². The third kappa shape index (κ3) is 6.70. The zero-order chi connectivity index (χ0) is 22.3. The van der Waals surface area contributed by atoms with Gasteiger partial charge in [-0.15, -0.1) is 0 Å². The lowest BCUT2D eigenvalue weighted by molar-refractivity contribution is -0.149. The summed E-state index contributed by atoms with van der Waals surface area (Å²) in [5, 5.41) is 14.1. The SMILES string of the molecule is CCC(C)C(N)C(=O)NC(C)C(=O)NC(CC(N)=O)C(=O)N1CCCC1C(=O)O. The number of amides is 4. The Morgan fingerprint density at radius 2 is 1.76 bits per heavy atom. The summed E-state index contributed by atoms with van der Waals surface area (Å²) < 4.78 is 0. The number of carboxylic acids is 1. The zero-order valence-electron chi connectivity index (χ0n) is 17.0. The maximum atomic E-state index is 12.7. The molecule has 0 spiro atoms. The lowest BCUT2D eigenvalue weighted by Gasteiger charge is -2.28. The topological polar surface area (TPSA) is 185 Å². The number of aliphatic carboxylic acids is 1. The molecule has 0 radical (unpaired) electrons. The third-order valence-corrected chi connectivity index (χ3v) is 5.15. The first kappa shape index (κ1) is 24.3. The smallest absolute Gasteiger partial charge is 0.326 e. The summed E-state index contributed by atoms with van der Waals surface area (Å²) in [4.78, 5) is 61.2. The Kier molecular flexibility index (Phi) is 9.02. The van der Waals surface area contributed by atoms with E-state index in [9.17, 15) is 29.1 Å². The molecule has 1 saturated heterocycles. The minimum absolute atomic E-state index is 0.0856. The highest BCUT2D eigenvalue weighted by Crippen LogP contribution is 2.19. The molecule has 11 nitrogen and oxygen atoms in total. The first-order chi connectivity index (χ1) is 13.5. The van der Waals surface area contributed by atoms with Crippen molar-refractivity contribution < 1.29 is 29.1 Å². The standard InChI is InChI=1S/C18H31N5O6/c1-4-9(2)14(20)16(26)21-10(3)15(25)22-11(8-13(19)24)17(27)23-7-5-6-12(23)18(28)29/h9-12,14H,4-8,20H2,1-3H3,(H2,19,24)(H,21,26)(H,22,25)(H,28,29). The van der Waals surface area contributed by atoms with Crippen molar-refractivity contribution >= 4 is 29.6 Å². The predicted molar refractivity (Wildman–Crippen MR) is 103 cm³/mol. The van der Waals surface area contributed by atoms with E-state index in [4.69, 9.17) is 11.5 Å². The number of nitrogens with two attached hydrogens (primary N) is 2. The van der Waals surface area contributed by atoms with Gasteiger partial charge in [-0.1, -0.05) is 20.3 Å². The van der Waals surface area contributed by atoms with Crippen molar-refractivity contribution in [2.75, 3.05) is 6.54 Å². The number of rotatable bonds is 10. The molecule has 164 valence electrons. The molecule has 7 N–H and O–H groups in total. The number of carboxylic acid groups (broad SMARTS) is 1. The molecule has 1 fully saturated rings. The fraction of sp³-hybridized carbons (Fsp3) is 0.722. The molecule has 1 rings (SSSR count). The van der Waals surface area contributed by atoms with Crippen molar-refractivity contribution in [2.45, 2.75) is 70.6 Å². The second kappa shape index (κ2) is 10.7. The van der Waals surface area contributed by atoms with Gasteiger partial charge in [0.2, 0.25) is 23.6 Å². The van der Waals surface area contributed by atoms with Crippen LogP contribution in [0.2, 0.25) is 0 Å². The average molecular weight is 413 g/mol. The molecule has 1 aliphatic rings. The molecule has 0 aliphatic carbocycles. The molecule has 29 heavy (non-hydrogen) atoms. The quantitative estimate of drug-likeness (QED) is 0.282. The molecule has 0 saturated carbocycles. The van der Waals surface area contributed by atoms with E-state index in [1.54, 1.807) is 0 Å². The van der Waals surface area contributed by atoms with Crippen LogP contribution in [-0.2, 0) is 24.0 Å². The van der Waals surface area contributed by atoms with Crippen molar-refractivity contribution in [3.8, 4) is 0 Å². The van der Waals surface area contributed by atoms with Crippen LogP contribution >= 0.6 is 0 Å². The molecule has 0 bridgehead atoms. The maximum absolute atomic E-state index is 12.7. The maximum Gasteiger partial charge on any atom is 0.326 e. The van der Waals surface area contributed by atoms with E-state index >= 15 is 0 Å². The Morgan fingerprint density at radius 3 is 2.28 bits per heavy atom. The fourth-order valence-electron chi connectivity index (χ4n) is 3.07. The molecule has 0 aromatic heterocycles. The summed E-state index contributed by atoms with van der Waals surface area (Å²) in [6.45, 7) is 5.32. The normalized spacial score (nSPS) is 20.3. The molecule has 0 aromatic rings. The number of nitrogens with one attached hydrogen (secondary N) is 2. The fourth-order valence-corrected chi connectivity index (χ4v) is 3.07. The number of hydrogen-bond donors (Lipinski definition) is 5. The molecule has 4 amide bonds. The van der Waals surface area contributed by atoms with Crippen LogP contribution in [0.3, 0.4) is 0 Å². The van der Waals surface area contributed by atoms with Gasteiger partial charge >= 0.3 is 5.97 Å². The summed E-state index contributed by atoms with van der Waals surface area (Å²) in [6.07, 6.45) is 0.990. The Morgan fingerprint density at radius 1 is 1.14 bits per heavy atom. The average Bonchev–Trinajstić information content (AvgIpc) is 3.15. The van der Waals surface area contributed by atoms with Crippen LogP contribution in [0.25, 0.3) is 0 Å². The first-order valence-corrected chi connectivity index (χ1v) is 9.67. The molecule has 5 unspecified atom stereocenters. The summed E-state index contributed by atoms with van der Waals surface area (Å²) in [5.74, 6) is -3.98. The molecular weight excluding hydrogens is 382 g/mol. The molecule has 1 aliphatic heterocycles. The van der Waals surface area contributed by atoms with Crippen molar-refractivity contribution in [2.24, 2.45) is 17.4 Å². The minimum atomic E-state index is -1.32. The second-order valence-corrected chi connectivity index (χ2v) is 7.40. The van der Waals surface area contributed by atoms with Crippen molar-refractivity contribution in [1.29, 1.82) is 0 Å². The monoisotopic (exact) mass is 413 g/mol. The lowest BCUT2D eigenvalue weighted by atomic mass is 9.99. The number of carbonyl (C=O) groups excluding carboxylic acids is 4. The van der Waals surface area contributed by atoms with Gasteiger partial charge in [0.15, 0.2) is 0 Å². The minimum Gasteiger partial charge on any atom is -0.480 e. The zero-order valence-corrected chi connectivity index (χ0v) is 17.0. The van der Waals surface area contributed by atoms with E-state index in [1.165, 1.54) is 6.92 Å². The van der Waals surface area contributed by atoms with E-state index < -0.39 is 60.2 Å². The van der Waals surface area contributed by atoms with E-state index in [-0.39, 0.29) is 18.9 Å². The summed E-state index contributed by atoms with van der Waals surface area (Å²) >= 11 is 0. The third-order valence-electron chi connectivity index (χ3n) is 5.15. The van der Waals surface area contributed by atoms with Gasteiger partial charge in [0.05, 0.1) is 12.5 Å². The summed E-state index contributed by atoms with van der Waals surface area (Å²) in [6, 6.07) is -4.14. The van der Waals surface area contributed by atoms with E-state index in [1.807, 2.05) is 13.8 Å². The Bertz CT molecular complexity index is 655. The van der Waals surface area contributed by atoms with E-state index in [0.29, 0.717) is 12.8 Å². The summed E-state index contributed by atoms with van der Waals surface area (Å²) in [7, 11) is 0. The highest BCUT2D eigenvalue weighted by molar-refractivity contribution is 5.96. The van der Waals surface area contributed by atoms with E-state index in [2.05, 4.69) is 10.6 Å². The van der Waals surface area contributed by atoms with Gasteiger partial charge in [-0.3, -0.25) is 19.2 Å². The largest absolute Gasteiger partial charge is 0.480 e. The predicted octanol–water partition coefficient (Wildman–Crippen LogP) is -1.70. The van der Waals surface area contributed by atoms with Crippen LogP contribution < -0.4 is 22.1 Å². The second-order valence-electron chi connectivity index (χ2n) is 7.40. The van der Waals surface area contributed by atoms with Gasteiger partial charge in [-0.25, -0.2) is 4.79 Å². The van der Waals surface area contributed by atoms with Crippen LogP contribution in [0, 0.1) is 5.92 Å². The van der Waals surface area contributed by atoms with Crippen LogP contribution in [0.15, 0.2) is 0 Å². The highest BCUT2D eigenvalue weighted by atomic mass is 16.4. The Hall–Kier alpha value is -2.69. The number of nitrogens with zero attached hydrogens (tertiary/aromatic N) is 1. The molecular formula is C18H31N5O6. The number of likely N-dealkylation sites (tertiary alicyclic amines) is 1. The van der Waals surface area contributed by atoms with E-state index in [0.717, 1.165) is 4.90 Å². The molecule has 1 heterocycles. The molecule has 11 heteroatoms. The number of primary amides is 1. The Balaban J connectivity index is 2.82. The summed E-state index contributed by atoms with van der Waals surface area (Å²) in [5.41, 5.74) is 11.0. The highest BCUT2D eigenvalue weighted by Gasteiger charge is 2.38. The van der Waals surface area contributed by atoms with Crippen molar-refractivity contribution in [3.05, 3.63) is 0 Å². The van der Waals surface area contributed by atoms with Gasteiger partial charge in [0, 0.05) is 6.54 Å². The Labute approximate surface area is 169 Å². The van der Waals surface area contributed by atoms with Crippen molar-refractivity contribution in [3.63, 3.8) is 0 Å². The van der Waals surface area contributed by atoms with Gasteiger partial charge < -0.3 is 32.1 Å². The van der Waals surface area contributed by atoms with Crippen LogP contribution in [0.4, 0.5) is 0 Å². The van der Waals surface area contributed by atoms with Gasteiger partial charge in [-0.2, -0.15) is 0 Å². The van der Waals surface area contributed by atoms with Crippen LogP contribution in [0.1, 0.15) is 46.5 Å². The van der Waals surface area contributed by atoms with Gasteiger partial charge in [-0.05, 0) is 25.7 Å². The van der Waals surface area contributed by atoms with Gasteiger partial charge in [0.25, 0.3) is 0 Å². The molecule has 5 atom stereocenters. The lowest BCUT2D eigenvalue weighted by Crippen LogP contribution is -2.57. The van der Waals surface area contributed by atoms with Gasteiger partial charge in [0.1, 0.15) is 18.1 Å². The molecule has 0 aromatic carbocycles. The first-order valence-electron chi connectivity index (χ1n) is 9.67. The number of hydrogen-bond acceptors (Lipinski definition) is 6. The van der Waals surface area contributed by atoms with Crippen LogP contribution in [0.5, 0.6) is 0 Å². The van der Waals surface area contributed by atoms with Crippen molar-refractivity contribution in [1.82, 2.24) is 15.5 Å². The number of carbonyl (C=O) groups is 5.